The Hall–Kier alpha value is -2.49. The number of amides is 2. The molecule has 4 heteroatoms. The van der Waals surface area contributed by atoms with Gasteiger partial charge in [0, 0.05) is 5.69 Å². The Labute approximate surface area is 163 Å². The molecule has 146 valence electrons. The third-order valence-corrected chi connectivity index (χ3v) is 4.76. The molecule has 0 aliphatic rings. The molecule has 0 fully saturated rings. The molecular weight excluding hydrogens is 336 g/mol. The molecule has 1 atom stereocenters. The van der Waals surface area contributed by atoms with Crippen LogP contribution in [0.2, 0.25) is 0 Å². The predicted octanol–water partition coefficient (Wildman–Crippen LogP) is 5.96. The van der Waals surface area contributed by atoms with E-state index in [1.165, 1.54) is 5.56 Å². The lowest BCUT2D eigenvalue weighted by atomic mass is 9.85. The van der Waals surface area contributed by atoms with Crippen molar-refractivity contribution in [1.82, 2.24) is 5.32 Å². The van der Waals surface area contributed by atoms with Gasteiger partial charge in [-0.3, -0.25) is 0 Å². The minimum Gasteiger partial charge on any atom is -0.473 e. The summed E-state index contributed by atoms with van der Waals surface area (Å²) in [6, 6.07) is 13.8. The van der Waals surface area contributed by atoms with E-state index in [4.69, 9.17) is 4.74 Å². The van der Waals surface area contributed by atoms with E-state index in [9.17, 15) is 4.79 Å². The number of carbonyl (C=O) groups excluding carboxylic acids is 1. The molecule has 0 bridgehead atoms. The van der Waals surface area contributed by atoms with Gasteiger partial charge in [-0.25, -0.2) is 4.79 Å². The molecule has 0 radical (unpaired) electrons. The second-order valence-corrected chi connectivity index (χ2v) is 8.07. The van der Waals surface area contributed by atoms with Crippen molar-refractivity contribution in [3.05, 3.63) is 59.2 Å². The first-order valence-corrected chi connectivity index (χ1v) is 9.60. The number of rotatable bonds is 6. The number of nitrogens with one attached hydrogen (secondary N) is 2. The maximum atomic E-state index is 12.3. The molecule has 1 unspecified atom stereocenters. The number of aryl methyl sites for hydroxylation is 1. The van der Waals surface area contributed by atoms with Crippen LogP contribution >= 0.6 is 0 Å². The Kier molecular flexibility index (Phi) is 6.89. The van der Waals surface area contributed by atoms with E-state index in [1.54, 1.807) is 0 Å². The van der Waals surface area contributed by atoms with Crippen LogP contribution in [-0.2, 0) is 5.41 Å². The van der Waals surface area contributed by atoms with E-state index in [0.717, 1.165) is 29.0 Å². The fourth-order valence-corrected chi connectivity index (χ4v) is 2.96. The lowest BCUT2D eigenvalue weighted by Crippen LogP contribution is -2.32. The number of carbonyl (C=O) groups is 1. The van der Waals surface area contributed by atoms with Crippen molar-refractivity contribution in [1.29, 1.82) is 0 Å². The zero-order valence-corrected chi connectivity index (χ0v) is 17.3. The zero-order valence-electron chi connectivity index (χ0n) is 17.3. The second kappa shape index (κ2) is 8.94. The van der Waals surface area contributed by atoms with Crippen LogP contribution in [0.25, 0.3) is 0 Å². The van der Waals surface area contributed by atoms with Gasteiger partial charge in [-0.2, -0.15) is 0 Å². The molecular formula is C23H32N2O2. The number of anilines is 1. The highest BCUT2D eigenvalue weighted by Crippen LogP contribution is 2.32. The normalized spacial score (nSPS) is 12.4. The summed E-state index contributed by atoms with van der Waals surface area (Å²) >= 11 is 0. The molecule has 0 aliphatic heterocycles. The smallest absolute Gasteiger partial charge is 0.321 e. The molecule has 4 nitrogen and oxygen atoms in total. The molecule has 2 aromatic carbocycles. The van der Waals surface area contributed by atoms with Crippen LogP contribution in [0, 0.1) is 6.92 Å². The van der Waals surface area contributed by atoms with Gasteiger partial charge in [0.2, 0.25) is 0 Å². The van der Waals surface area contributed by atoms with Crippen molar-refractivity contribution < 1.29 is 9.53 Å². The third kappa shape index (κ3) is 5.75. The van der Waals surface area contributed by atoms with Crippen LogP contribution < -0.4 is 15.4 Å². The van der Waals surface area contributed by atoms with Crippen LogP contribution in [0.4, 0.5) is 10.5 Å². The van der Waals surface area contributed by atoms with Crippen LogP contribution in [0.1, 0.15) is 63.6 Å². The van der Waals surface area contributed by atoms with E-state index >= 15 is 0 Å². The average molecular weight is 369 g/mol. The summed E-state index contributed by atoms with van der Waals surface area (Å²) in [4.78, 5) is 12.3. The molecule has 0 heterocycles. The Morgan fingerprint density at radius 3 is 2.52 bits per heavy atom. The Morgan fingerprint density at radius 1 is 1.15 bits per heavy atom. The summed E-state index contributed by atoms with van der Waals surface area (Å²) in [7, 11) is 0. The van der Waals surface area contributed by atoms with Gasteiger partial charge in [-0.05, 0) is 47.9 Å². The first-order valence-electron chi connectivity index (χ1n) is 9.60. The van der Waals surface area contributed by atoms with Gasteiger partial charge in [0.05, 0.1) is 0 Å². The molecule has 0 saturated carbocycles. The Balaban J connectivity index is 1.98. The van der Waals surface area contributed by atoms with Crippen LogP contribution in [0.5, 0.6) is 5.75 Å². The van der Waals surface area contributed by atoms with Crippen LogP contribution in [0.3, 0.4) is 0 Å². The number of urea groups is 1. The highest BCUT2D eigenvalue weighted by molar-refractivity contribution is 5.90. The Bertz CT molecular complexity index is 778. The van der Waals surface area contributed by atoms with Crippen LogP contribution in [0.15, 0.2) is 42.5 Å². The van der Waals surface area contributed by atoms with E-state index in [1.807, 2.05) is 30.3 Å². The molecule has 27 heavy (non-hydrogen) atoms. The summed E-state index contributed by atoms with van der Waals surface area (Å²) in [5.74, 6) is 1.19. The van der Waals surface area contributed by atoms with Gasteiger partial charge in [0.1, 0.15) is 5.75 Å². The van der Waals surface area contributed by atoms with E-state index in [0.29, 0.717) is 5.92 Å². The molecule has 2 N–H and O–H groups in total. The largest absolute Gasteiger partial charge is 0.473 e. The van der Waals surface area contributed by atoms with Crippen molar-refractivity contribution in [2.75, 3.05) is 12.0 Å². The highest BCUT2D eigenvalue weighted by atomic mass is 16.5. The second-order valence-electron chi connectivity index (χ2n) is 8.07. The van der Waals surface area contributed by atoms with Gasteiger partial charge in [-0.15, -0.1) is 0 Å². The first-order chi connectivity index (χ1) is 12.7. The maximum Gasteiger partial charge on any atom is 0.321 e. The number of ether oxygens (including phenoxy) is 1. The molecule has 0 saturated heterocycles. The summed E-state index contributed by atoms with van der Waals surface area (Å²) in [5, 5.41) is 5.72. The average Bonchev–Trinajstić information content (AvgIpc) is 2.62. The SMILES string of the molecule is CCC(C)c1ccccc1NC(=O)NCOc1ccc(C)cc1C(C)(C)C. The minimum absolute atomic E-state index is 0.0289. The molecule has 2 amide bonds. The van der Waals surface area contributed by atoms with Gasteiger partial charge >= 0.3 is 6.03 Å². The standard InChI is InChI=1S/C23H32N2O2/c1-7-17(3)18-10-8-9-11-20(18)25-22(26)24-15-27-21-13-12-16(2)14-19(21)23(4,5)6/h8-14,17H,7,15H2,1-6H3,(H2,24,25,26). The number of hydrogen-bond acceptors (Lipinski definition) is 2. The molecule has 0 aromatic heterocycles. The number of benzene rings is 2. The molecule has 2 aromatic rings. The first kappa shape index (κ1) is 20.8. The fourth-order valence-electron chi connectivity index (χ4n) is 2.96. The number of hydrogen-bond donors (Lipinski definition) is 2. The topological polar surface area (TPSA) is 50.4 Å². The maximum absolute atomic E-state index is 12.3. The van der Waals surface area contributed by atoms with E-state index in [-0.39, 0.29) is 18.2 Å². The fraction of sp³-hybridized carbons (Fsp3) is 0.435. The summed E-state index contributed by atoms with van der Waals surface area (Å²) in [5.41, 5.74) is 4.28. The minimum atomic E-state index is -0.268. The molecule has 2 rings (SSSR count). The quantitative estimate of drug-likeness (QED) is 0.618. The highest BCUT2D eigenvalue weighted by Gasteiger charge is 2.19. The summed E-state index contributed by atoms with van der Waals surface area (Å²) < 4.78 is 5.85. The lowest BCUT2D eigenvalue weighted by Gasteiger charge is -2.23. The zero-order chi connectivity index (χ0) is 20.0. The summed E-state index contributed by atoms with van der Waals surface area (Å²) in [6.07, 6.45) is 1.02. The van der Waals surface area contributed by atoms with Gasteiger partial charge < -0.3 is 15.4 Å². The summed E-state index contributed by atoms with van der Waals surface area (Å²) in [6.45, 7) is 12.9. The van der Waals surface area contributed by atoms with E-state index < -0.39 is 0 Å². The van der Waals surface area contributed by atoms with Crippen LogP contribution in [-0.4, -0.2) is 12.8 Å². The van der Waals surface area contributed by atoms with Gasteiger partial charge in [0.25, 0.3) is 0 Å². The van der Waals surface area contributed by atoms with Crippen molar-refractivity contribution in [3.63, 3.8) is 0 Å². The van der Waals surface area contributed by atoms with Gasteiger partial charge in [0.15, 0.2) is 6.73 Å². The van der Waals surface area contributed by atoms with Crippen molar-refractivity contribution in [2.24, 2.45) is 0 Å². The van der Waals surface area contributed by atoms with E-state index in [2.05, 4.69) is 64.3 Å². The Morgan fingerprint density at radius 2 is 1.85 bits per heavy atom. The van der Waals surface area contributed by atoms with Gasteiger partial charge in [-0.1, -0.05) is 70.5 Å². The molecule has 0 aliphatic carbocycles. The lowest BCUT2D eigenvalue weighted by molar-refractivity contribution is 0.233. The van der Waals surface area contributed by atoms with Crippen molar-refractivity contribution >= 4 is 11.7 Å². The number of para-hydroxylation sites is 1. The van der Waals surface area contributed by atoms with Crippen molar-refractivity contribution in [3.8, 4) is 5.75 Å². The predicted molar refractivity (Wildman–Crippen MR) is 113 cm³/mol. The third-order valence-electron chi connectivity index (χ3n) is 4.76. The monoisotopic (exact) mass is 368 g/mol. The van der Waals surface area contributed by atoms with Crippen molar-refractivity contribution in [2.45, 2.75) is 59.3 Å². The molecule has 0 spiro atoms.